The maximum Gasteiger partial charge on any atom is 0.138 e. The molecule has 2 aromatic heterocycles. The van der Waals surface area contributed by atoms with Crippen molar-refractivity contribution in [2.75, 3.05) is 10.1 Å². The highest BCUT2D eigenvalue weighted by Gasteiger charge is 2.30. The second-order valence-corrected chi connectivity index (χ2v) is 14.3. The van der Waals surface area contributed by atoms with E-state index >= 15 is 0 Å². The van der Waals surface area contributed by atoms with Crippen LogP contribution in [-0.2, 0) is 4.94 Å². The molecular formula is C50H38N4O2. The summed E-state index contributed by atoms with van der Waals surface area (Å²) >= 11 is 0. The number of rotatable bonds is 8. The number of fused-ring (bicyclic) bond motifs is 4. The normalized spacial score (nSPS) is 12.5. The van der Waals surface area contributed by atoms with E-state index in [4.69, 9.17) is 14.7 Å². The van der Waals surface area contributed by atoms with E-state index in [0.29, 0.717) is 5.75 Å². The van der Waals surface area contributed by atoms with Crippen LogP contribution in [0.3, 0.4) is 0 Å². The van der Waals surface area contributed by atoms with Gasteiger partial charge < -0.3 is 4.74 Å². The van der Waals surface area contributed by atoms with Crippen molar-refractivity contribution < 1.29 is 9.68 Å². The highest BCUT2D eigenvalue weighted by molar-refractivity contribution is 6.09. The van der Waals surface area contributed by atoms with Crippen LogP contribution in [0.1, 0.15) is 13.8 Å². The van der Waals surface area contributed by atoms with Gasteiger partial charge in [0.05, 0.1) is 34.1 Å². The first-order chi connectivity index (χ1) is 27.6. The largest absolute Gasteiger partial charge is 0.457 e. The smallest absolute Gasteiger partial charge is 0.138 e. The number of hydrogen-bond donors (Lipinski definition) is 0. The molecule has 270 valence electrons. The molecule has 0 unspecified atom stereocenters. The summed E-state index contributed by atoms with van der Waals surface area (Å²) in [5.41, 5.74) is 11.9. The quantitative estimate of drug-likeness (QED) is 0.156. The van der Waals surface area contributed by atoms with Crippen molar-refractivity contribution in [3.05, 3.63) is 188 Å². The molecule has 7 aromatic carbocycles. The molecule has 10 rings (SSSR count). The lowest BCUT2D eigenvalue weighted by molar-refractivity contribution is 0.112. The molecule has 0 N–H and O–H groups in total. The Morgan fingerprint density at radius 2 is 1.16 bits per heavy atom. The Morgan fingerprint density at radius 3 is 1.91 bits per heavy atom. The molecule has 0 saturated carbocycles. The Balaban J connectivity index is 1.07. The highest BCUT2D eigenvalue weighted by Crippen LogP contribution is 2.44. The highest BCUT2D eigenvalue weighted by atomic mass is 16.8. The molecule has 0 fully saturated rings. The van der Waals surface area contributed by atoms with Crippen LogP contribution < -0.4 is 14.9 Å². The van der Waals surface area contributed by atoms with Gasteiger partial charge in [0.1, 0.15) is 17.3 Å². The predicted molar refractivity (Wildman–Crippen MR) is 229 cm³/mol. The Hall–Kier alpha value is -7.15. The summed E-state index contributed by atoms with van der Waals surface area (Å²) in [6.45, 7) is 4.24. The van der Waals surface area contributed by atoms with Crippen molar-refractivity contribution in [1.29, 1.82) is 0 Å². The first-order valence-corrected chi connectivity index (χ1v) is 19.0. The lowest BCUT2D eigenvalue weighted by Crippen LogP contribution is -2.30. The van der Waals surface area contributed by atoms with Gasteiger partial charge in [-0.15, -0.1) is 4.94 Å². The number of para-hydroxylation sites is 3. The summed E-state index contributed by atoms with van der Waals surface area (Å²) in [6, 6.07) is 63.4. The van der Waals surface area contributed by atoms with E-state index in [9.17, 15) is 0 Å². The van der Waals surface area contributed by atoms with Crippen LogP contribution in [0.2, 0.25) is 0 Å². The number of aromatic nitrogens is 2. The van der Waals surface area contributed by atoms with E-state index < -0.39 is 0 Å². The number of nitrogens with zero attached hydrogens (tertiary/aromatic N) is 4. The van der Waals surface area contributed by atoms with Gasteiger partial charge >= 0.3 is 0 Å². The predicted octanol–water partition coefficient (Wildman–Crippen LogP) is 13.2. The Morgan fingerprint density at radius 1 is 0.518 bits per heavy atom. The average Bonchev–Trinajstić information content (AvgIpc) is 3.81. The third-order valence-corrected chi connectivity index (χ3v) is 10.4. The summed E-state index contributed by atoms with van der Waals surface area (Å²) in [5.74, 6) is 2.26. The summed E-state index contributed by atoms with van der Waals surface area (Å²) in [7, 11) is 0. The zero-order valence-electron chi connectivity index (χ0n) is 31.1. The average molecular weight is 727 g/mol. The summed E-state index contributed by atoms with van der Waals surface area (Å²) in [4.78, 5) is 11.4. The number of benzene rings is 7. The van der Waals surface area contributed by atoms with Gasteiger partial charge in [-0.1, -0.05) is 115 Å². The summed E-state index contributed by atoms with van der Waals surface area (Å²) < 4.78 is 8.88. The molecular weight excluding hydrogens is 689 g/mol. The van der Waals surface area contributed by atoms with Crippen molar-refractivity contribution in [3.63, 3.8) is 0 Å². The molecule has 0 radical (unpaired) electrons. The number of hydrogen-bond acceptors (Lipinski definition) is 5. The van der Waals surface area contributed by atoms with Crippen LogP contribution in [0.25, 0.3) is 61.0 Å². The lowest BCUT2D eigenvalue weighted by atomic mass is 9.88. The van der Waals surface area contributed by atoms with Crippen LogP contribution in [0.15, 0.2) is 188 Å². The SMILES string of the molecule is CC(C)N1ON(c2cccc(Oc3ccc4c5ccccc5n(-c5cc(-c6c(-c7ccccc7)cccc6-c6ccccc6)ccn5)c4c3)c2)c2ccccc21. The van der Waals surface area contributed by atoms with Crippen molar-refractivity contribution in [2.45, 2.75) is 19.9 Å². The first kappa shape index (κ1) is 33.4. The molecule has 0 aliphatic carbocycles. The molecule has 3 heterocycles. The zero-order valence-corrected chi connectivity index (χ0v) is 31.1. The minimum atomic E-state index is 0.166. The van der Waals surface area contributed by atoms with Gasteiger partial charge in [0.2, 0.25) is 0 Å². The number of pyridine rings is 1. The van der Waals surface area contributed by atoms with E-state index in [1.165, 1.54) is 27.8 Å². The third-order valence-electron chi connectivity index (χ3n) is 10.4. The maximum atomic E-state index is 6.63. The van der Waals surface area contributed by atoms with Gasteiger partial charge in [0.15, 0.2) is 0 Å². The van der Waals surface area contributed by atoms with Gasteiger partial charge in [0, 0.05) is 29.1 Å². The number of hydroxylamine groups is 1. The number of ether oxygens (including phenoxy) is 1. The summed E-state index contributed by atoms with van der Waals surface area (Å²) in [5, 5.41) is 6.07. The van der Waals surface area contributed by atoms with Gasteiger partial charge in [-0.3, -0.25) is 4.57 Å². The minimum absolute atomic E-state index is 0.166. The second-order valence-electron chi connectivity index (χ2n) is 14.3. The van der Waals surface area contributed by atoms with E-state index in [2.05, 4.69) is 158 Å². The van der Waals surface area contributed by atoms with Crippen molar-refractivity contribution in [2.24, 2.45) is 0 Å². The fourth-order valence-corrected chi connectivity index (χ4v) is 7.90. The van der Waals surface area contributed by atoms with E-state index in [0.717, 1.165) is 56.0 Å². The molecule has 1 aliphatic rings. The van der Waals surface area contributed by atoms with Crippen LogP contribution in [0.5, 0.6) is 11.5 Å². The van der Waals surface area contributed by atoms with Crippen molar-refractivity contribution in [3.8, 4) is 50.7 Å². The van der Waals surface area contributed by atoms with Crippen LogP contribution in [0.4, 0.5) is 17.1 Å². The summed E-state index contributed by atoms with van der Waals surface area (Å²) in [6.07, 6.45) is 1.92. The standard InChI is InChI=1S/C50H38N4O2/c1-34(2)53-46-25-11-12-26-47(46)54(56-53)38-19-13-20-39(32-38)55-40-27-28-44-43-21-9-10-24-45(43)52(48(44)33-40)49-31-37(29-30-51-49)50-41(35-15-5-3-6-16-35)22-14-23-42(50)36-17-7-4-8-18-36/h3-34H,1-2H3. The van der Waals surface area contributed by atoms with Crippen LogP contribution in [-0.4, -0.2) is 15.6 Å². The molecule has 0 spiro atoms. The van der Waals surface area contributed by atoms with Crippen molar-refractivity contribution >= 4 is 38.9 Å². The lowest BCUT2D eigenvalue weighted by Gasteiger charge is -2.23. The number of anilines is 3. The Labute approximate surface area is 326 Å². The molecule has 0 amide bonds. The van der Waals surface area contributed by atoms with E-state index in [1.807, 2.05) is 58.8 Å². The fourth-order valence-electron chi connectivity index (χ4n) is 7.90. The molecule has 6 nitrogen and oxygen atoms in total. The molecule has 0 saturated heterocycles. The second kappa shape index (κ2) is 13.9. The van der Waals surface area contributed by atoms with Gasteiger partial charge in [0.25, 0.3) is 0 Å². The minimum Gasteiger partial charge on any atom is -0.457 e. The molecule has 1 aliphatic heterocycles. The van der Waals surface area contributed by atoms with E-state index in [-0.39, 0.29) is 6.04 Å². The van der Waals surface area contributed by atoms with Crippen LogP contribution >= 0.6 is 0 Å². The molecule has 0 atom stereocenters. The Kier molecular flexibility index (Phi) is 8.31. The topological polar surface area (TPSA) is 42.8 Å². The van der Waals surface area contributed by atoms with Gasteiger partial charge in [-0.2, -0.15) is 5.06 Å². The monoisotopic (exact) mass is 726 g/mol. The van der Waals surface area contributed by atoms with Crippen molar-refractivity contribution in [1.82, 2.24) is 9.55 Å². The third kappa shape index (κ3) is 5.84. The van der Waals surface area contributed by atoms with Crippen LogP contribution in [0, 0.1) is 0 Å². The molecule has 6 heteroatoms. The molecule has 0 bridgehead atoms. The van der Waals surface area contributed by atoms with Gasteiger partial charge in [-0.05, 0) is 102 Å². The Bertz CT molecular complexity index is 2810. The first-order valence-electron chi connectivity index (χ1n) is 19.0. The molecule has 9 aromatic rings. The fraction of sp³-hybridized carbons (Fsp3) is 0.0600. The van der Waals surface area contributed by atoms with Gasteiger partial charge in [-0.25, -0.2) is 10.0 Å². The molecule has 56 heavy (non-hydrogen) atoms. The van der Waals surface area contributed by atoms with E-state index in [1.54, 1.807) is 0 Å². The zero-order chi connectivity index (χ0) is 37.6. The maximum absolute atomic E-state index is 6.63.